The van der Waals surface area contributed by atoms with E-state index in [4.69, 9.17) is 0 Å². The molecule has 0 aromatic heterocycles. The topological polar surface area (TPSA) is 0 Å². The first-order valence-corrected chi connectivity index (χ1v) is 5.94. The van der Waals surface area contributed by atoms with Crippen LogP contribution < -0.4 is 0 Å². The van der Waals surface area contributed by atoms with Crippen LogP contribution in [0.4, 0.5) is 0 Å². The summed E-state index contributed by atoms with van der Waals surface area (Å²) in [5, 5.41) is 0. The Labute approximate surface area is 94.0 Å². The first kappa shape index (κ1) is 12.0. The van der Waals surface area contributed by atoms with E-state index in [-0.39, 0.29) is 0 Å². The highest BCUT2D eigenvalue weighted by atomic mass is 14.1. The van der Waals surface area contributed by atoms with Gasteiger partial charge in [0.15, 0.2) is 0 Å². The summed E-state index contributed by atoms with van der Waals surface area (Å²) in [7, 11) is 0. The molecule has 0 fully saturated rings. The number of benzene rings is 1. The Hall–Kier alpha value is -1.04. The molecule has 0 N–H and O–H groups in total. The summed E-state index contributed by atoms with van der Waals surface area (Å²) in [5.74, 6) is 0. The van der Waals surface area contributed by atoms with Crippen molar-refractivity contribution in [1.29, 1.82) is 0 Å². The second kappa shape index (κ2) is 5.75. The lowest BCUT2D eigenvalue weighted by molar-refractivity contribution is 0.964. The average Bonchev–Trinajstić information content (AvgIpc) is 2.26. The van der Waals surface area contributed by atoms with Gasteiger partial charge in [0.05, 0.1) is 0 Å². The van der Waals surface area contributed by atoms with Crippen molar-refractivity contribution >= 4 is 5.57 Å². The van der Waals surface area contributed by atoms with Crippen LogP contribution in [0.25, 0.3) is 5.57 Å². The smallest absolute Gasteiger partial charge is 0.0225 e. The second-order valence-electron chi connectivity index (χ2n) is 4.28. The third-order valence-corrected chi connectivity index (χ3v) is 2.81. The molecule has 0 saturated carbocycles. The molecule has 0 aliphatic carbocycles. The molecule has 0 aliphatic heterocycles. The minimum absolute atomic E-state index is 1.12. The lowest BCUT2D eigenvalue weighted by Gasteiger charge is -2.09. The van der Waals surface area contributed by atoms with Crippen LogP contribution in [0.5, 0.6) is 0 Å². The van der Waals surface area contributed by atoms with Gasteiger partial charge < -0.3 is 0 Å². The highest BCUT2D eigenvalue weighted by Gasteiger charge is 2.02. The van der Waals surface area contributed by atoms with Gasteiger partial charge in [-0.2, -0.15) is 0 Å². The van der Waals surface area contributed by atoms with E-state index in [0.717, 1.165) is 6.42 Å². The Kier molecular flexibility index (Phi) is 4.61. The maximum Gasteiger partial charge on any atom is -0.0225 e. The zero-order chi connectivity index (χ0) is 11.3. The number of rotatable bonds is 4. The Balaban J connectivity index is 2.98. The molecule has 0 aliphatic rings. The van der Waals surface area contributed by atoms with Gasteiger partial charge in [-0.1, -0.05) is 50.1 Å². The largest absolute Gasteiger partial charge is 0.0726 e. The van der Waals surface area contributed by atoms with Gasteiger partial charge in [0.1, 0.15) is 0 Å². The normalized spacial score (nSPS) is 10.1. The highest BCUT2D eigenvalue weighted by Crippen LogP contribution is 2.23. The van der Waals surface area contributed by atoms with Crippen LogP contribution in [0.3, 0.4) is 0 Å². The summed E-state index contributed by atoms with van der Waals surface area (Å²) in [6.45, 7) is 8.85. The molecule has 15 heavy (non-hydrogen) atoms. The fraction of sp³-hybridized carbons (Fsp3) is 0.467. The highest BCUT2D eigenvalue weighted by molar-refractivity contribution is 5.68. The fourth-order valence-corrected chi connectivity index (χ4v) is 1.87. The maximum atomic E-state index is 2.26. The minimum Gasteiger partial charge on any atom is -0.0726 e. The van der Waals surface area contributed by atoms with E-state index in [0.29, 0.717) is 0 Å². The molecule has 0 saturated heterocycles. The molecule has 1 aromatic carbocycles. The summed E-state index contributed by atoms with van der Waals surface area (Å²) in [6, 6.07) is 9.01. The van der Waals surface area contributed by atoms with Crippen molar-refractivity contribution in [3.63, 3.8) is 0 Å². The van der Waals surface area contributed by atoms with Crippen LogP contribution in [0.15, 0.2) is 29.8 Å². The van der Waals surface area contributed by atoms with Gasteiger partial charge in [-0.3, -0.25) is 0 Å². The molecule has 0 heteroatoms. The second-order valence-corrected chi connectivity index (χ2v) is 4.28. The summed E-state index contributed by atoms with van der Waals surface area (Å²) in [6.07, 6.45) is 3.53. The minimum atomic E-state index is 1.12. The number of hydrogen-bond acceptors (Lipinski definition) is 0. The molecular weight excluding hydrogens is 180 g/mol. The molecule has 0 radical (unpaired) electrons. The molecule has 0 atom stereocenters. The standard InChI is InChI=1S/C15H22/c1-5-7-15(12(3)4)14-10-8-13(6-2)9-11-14/h8-11H,5-7H2,1-4H3. The van der Waals surface area contributed by atoms with Crippen molar-refractivity contribution in [2.75, 3.05) is 0 Å². The van der Waals surface area contributed by atoms with Gasteiger partial charge in [0.2, 0.25) is 0 Å². The Morgan fingerprint density at radius 1 is 1.00 bits per heavy atom. The molecule has 0 nitrogen and oxygen atoms in total. The molecule has 82 valence electrons. The van der Waals surface area contributed by atoms with E-state index in [2.05, 4.69) is 52.0 Å². The lowest BCUT2D eigenvalue weighted by atomic mass is 9.96. The van der Waals surface area contributed by atoms with Crippen LogP contribution in [-0.2, 0) is 6.42 Å². The first-order chi connectivity index (χ1) is 7.19. The van der Waals surface area contributed by atoms with Crippen molar-refractivity contribution in [1.82, 2.24) is 0 Å². The van der Waals surface area contributed by atoms with Crippen molar-refractivity contribution < 1.29 is 0 Å². The molecule has 0 bridgehead atoms. The monoisotopic (exact) mass is 202 g/mol. The van der Waals surface area contributed by atoms with Gasteiger partial charge in [-0.15, -0.1) is 0 Å². The molecule has 0 amide bonds. The fourth-order valence-electron chi connectivity index (χ4n) is 1.87. The maximum absolute atomic E-state index is 2.26. The van der Waals surface area contributed by atoms with E-state index in [9.17, 15) is 0 Å². The zero-order valence-corrected chi connectivity index (χ0v) is 10.4. The quantitative estimate of drug-likeness (QED) is 0.655. The van der Waals surface area contributed by atoms with Gasteiger partial charge in [0, 0.05) is 0 Å². The molecular formula is C15H22. The third-order valence-electron chi connectivity index (χ3n) is 2.81. The van der Waals surface area contributed by atoms with E-state index in [1.807, 2.05) is 0 Å². The van der Waals surface area contributed by atoms with Gasteiger partial charge in [-0.05, 0) is 43.4 Å². The van der Waals surface area contributed by atoms with Crippen LogP contribution in [0.2, 0.25) is 0 Å². The van der Waals surface area contributed by atoms with E-state index >= 15 is 0 Å². The zero-order valence-electron chi connectivity index (χ0n) is 10.4. The molecule has 1 aromatic rings. The Morgan fingerprint density at radius 2 is 1.60 bits per heavy atom. The average molecular weight is 202 g/mol. The number of aryl methyl sites for hydroxylation is 1. The van der Waals surface area contributed by atoms with Gasteiger partial charge in [-0.25, -0.2) is 0 Å². The predicted octanol–water partition coefficient (Wildman–Crippen LogP) is 4.84. The molecule has 0 unspecified atom stereocenters. The van der Waals surface area contributed by atoms with Crippen molar-refractivity contribution in [3.8, 4) is 0 Å². The van der Waals surface area contributed by atoms with Gasteiger partial charge in [0.25, 0.3) is 0 Å². The number of allylic oxidation sites excluding steroid dienone is 2. The summed E-state index contributed by atoms with van der Waals surface area (Å²) in [5.41, 5.74) is 5.78. The van der Waals surface area contributed by atoms with Crippen molar-refractivity contribution in [3.05, 3.63) is 41.0 Å². The summed E-state index contributed by atoms with van der Waals surface area (Å²) < 4.78 is 0. The molecule has 0 heterocycles. The molecule has 1 rings (SSSR count). The van der Waals surface area contributed by atoms with Crippen LogP contribution in [0, 0.1) is 0 Å². The van der Waals surface area contributed by atoms with E-state index in [1.54, 1.807) is 0 Å². The number of hydrogen-bond donors (Lipinski definition) is 0. The van der Waals surface area contributed by atoms with Crippen LogP contribution >= 0.6 is 0 Å². The summed E-state index contributed by atoms with van der Waals surface area (Å²) >= 11 is 0. The lowest BCUT2D eigenvalue weighted by Crippen LogP contribution is -1.88. The van der Waals surface area contributed by atoms with E-state index < -0.39 is 0 Å². The van der Waals surface area contributed by atoms with Crippen molar-refractivity contribution in [2.24, 2.45) is 0 Å². The van der Waals surface area contributed by atoms with Crippen LogP contribution in [0.1, 0.15) is 51.7 Å². The SMILES string of the molecule is CCCC(=C(C)C)c1ccc(CC)cc1. The first-order valence-electron chi connectivity index (χ1n) is 5.94. The van der Waals surface area contributed by atoms with Crippen LogP contribution in [-0.4, -0.2) is 0 Å². The predicted molar refractivity (Wildman–Crippen MR) is 69.0 cm³/mol. The van der Waals surface area contributed by atoms with Gasteiger partial charge >= 0.3 is 0 Å². The third kappa shape index (κ3) is 3.23. The Bertz CT molecular complexity index is 324. The van der Waals surface area contributed by atoms with E-state index in [1.165, 1.54) is 35.1 Å². The molecule has 0 spiro atoms. The summed E-state index contributed by atoms with van der Waals surface area (Å²) in [4.78, 5) is 0. The Morgan fingerprint density at radius 3 is 2.00 bits per heavy atom. The van der Waals surface area contributed by atoms with Crippen molar-refractivity contribution in [2.45, 2.75) is 47.0 Å².